The van der Waals surface area contributed by atoms with Gasteiger partial charge >= 0.3 is 0 Å². The van der Waals surface area contributed by atoms with Crippen molar-refractivity contribution in [3.05, 3.63) is 39.4 Å². The molecule has 0 aliphatic rings. The van der Waals surface area contributed by atoms with Crippen molar-refractivity contribution < 1.29 is 9.72 Å². The van der Waals surface area contributed by atoms with Gasteiger partial charge in [-0.3, -0.25) is 14.9 Å². The highest BCUT2D eigenvalue weighted by atomic mass is 79.9. The summed E-state index contributed by atoms with van der Waals surface area (Å²) in [6, 6.07) is 4.71. The molecule has 1 atom stereocenters. The molecule has 86 valence electrons. The molecule has 0 spiro atoms. The lowest BCUT2D eigenvalue weighted by Crippen LogP contribution is -2.14. The lowest BCUT2D eigenvalue weighted by atomic mass is 9.98. The Bertz CT molecular complexity index is 429. The number of hydrogen-bond donors (Lipinski definition) is 0. The smallest absolute Gasteiger partial charge is 0.280 e. The fourth-order valence-electron chi connectivity index (χ4n) is 1.52. The molecule has 0 saturated heterocycles. The molecule has 0 aromatic heterocycles. The third-order valence-corrected chi connectivity index (χ3v) is 2.73. The normalized spacial score (nSPS) is 12.2. The molecule has 4 nitrogen and oxygen atoms in total. The molecule has 0 saturated carbocycles. The van der Waals surface area contributed by atoms with E-state index in [4.69, 9.17) is 0 Å². The standard InChI is InChI=1S/C11H12BrNO3/c1-3-8-5-4-6-9(13(15)16)10(8)11(14)7(2)12/h4-7H,3H2,1-2H3. The quantitative estimate of drug-likeness (QED) is 0.370. The molecule has 0 fully saturated rings. The van der Waals surface area contributed by atoms with Gasteiger partial charge in [-0.15, -0.1) is 0 Å². The average molecular weight is 286 g/mol. The van der Waals surface area contributed by atoms with Crippen molar-refractivity contribution in [3.8, 4) is 0 Å². The lowest BCUT2D eigenvalue weighted by molar-refractivity contribution is -0.385. The fraction of sp³-hybridized carbons (Fsp3) is 0.364. The molecule has 0 bridgehead atoms. The van der Waals surface area contributed by atoms with E-state index in [2.05, 4.69) is 15.9 Å². The van der Waals surface area contributed by atoms with E-state index >= 15 is 0 Å². The molecule has 0 aliphatic carbocycles. The van der Waals surface area contributed by atoms with E-state index in [0.29, 0.717) is 12.0 Å². The predicted molar refractivity (Wildman–Crippen MR) is 65.2 cm³/mol. The Hall–Kier alpha value is -1.23. The summed E-state index contributed by atoms with van der Waals surface area (Å²) in [5, 5.41) is 10.9. The zero-order chi connectivity index (χ0) is 12.3. The van der Waals surface area contributed by atoms with Crippen LogP contribution in [-0.2, 0) is 6.42 Å². The van der Waals surface area contributed by atoms with E-state index in [0.717, 1.165) is 0 Å². The molecule has 1 aromatic carbocycles. The summed E-state index contributed by atoms with van der Waals surface area (Å²) in [7, 11) is 0. The Kier molecular flexibility index (Phi) is 4.18. The number of carbonyl (C=O) groups excluding carboxylic acids is 1. The number of nitro groups is 1. The monoisotopic (exact) mass is 285 g/mol. The maximum Gasteiger partial charge on any atom is 0.280 e. The fourth-order valence-corrected chi connectivity index (χ4v) is 1.75. The molecule has 0 aliphatic heterocycles. The van der Waals surface area contributed by atoms with Gasteiger partial charge in [0.05, 0.1) is 15.3 Å². The van der Waals surface area contributed by atoms with Crippen molar-refractivity contribution >= 4 is 27.4 Å². The number of halogens is 1. The number of nitrogens with zero attached hydrogens (tertiary/aromatic N) is 1. The van der Waals surface area contributed by atoms with Gasteiger partial charge in [0.25, 0.3) is 5.69 Å². The number of rotatable bonds is 4. The largest absolute Gasteiger partial charge is 0.293 e. The first-order chi connectivity index (χ1) is 7.49. The minimum absolute atomic E-state index is 0.115. The third-order valence-electron chi connectivity index (χ3n) is 2.31. The Labute approximate surface area is 102 Å². The van der Waals surface area contributed by atoms with Crippen LogP contribution in [-0.4, -0.2) is 15.5 Å². The second kappa shape index (κ2) is 5.21. The molecule has 1 rings (SSSR count). The van der Waals surface area contributed by atoms with Crippen LogP contribution in [0.2, 0.25) is 0 Å². The summed E-state index contributed by atoms with van der Waals surface area (Å²) in [4.78, 5) is 21.8. The highest BCUT2D eigenvalue weighted by molar-refractivity contribution is 9.10. The summed E-state index contributed by atoms with van der Waals surface area (Å²) in [5.41, 5.74) is 0.820. The van der Waals surface area contributed by atoms with Gasteiger partial charge in [-0.05, 0) is 18.9 Å². The molecule has 16 heavy (non-hydrogen) atoms. The summed E-state index contributed by atoms with van der Waals surface area (Å²) in [6.45, 7) is 3.53. The van der Waals surface area contributed by atoms with Gasteiger partial charge in [0.15, 0.2) is 5.78 Å². The molecule has 0 radical (unpaired) electrons. The van der Waals surface area contributed by atoms with E-state index in [1.165, 1.54) is 6.07 Å². The van der Waals surface area contributed by atoms with Crippen molar-refractivity contribution in [3.63, 3.8) is 0 Å². The minimum Gasteiger partial charge on any atom is -0.293 e. The lowest BCUT2D eigenvalue weighted by Gasteiger charge is -2.08. The number of hydrogen-bond acceptors (Lipinski definition) is 3. The minimum atomic E-state index is -0.512. The zero-order valence-corrected chi connectivity index (χ0v) is 10.7. The van der Waals surface area contributed by atoms with Crippen LogP contribution in [0.3, 0.4) is 0 Å². The third kappa shape index (κ3) is 2.47. The van der Waals surface area contributed by atoms with Gasteiger partial charge in [-0.25, -0.2) is 0 Å². The van der Waals surface area contributed by atoms with Crippen LogP contribution in [0.25, 0.3) is 0 Å². The van der Waals surface area contributed by atoms with E-state index in [9.17, 15) is 14.9 Å². The number of ketones is 1. The molecule has 0 N–H and O–H groups in total. The van der Waals surface area contributed by atoms with Crippen molar-refractivity contribution in [1.82, 2.24) is 0 Å². The zero-order valence-electron chi connectivity index (χ0n) is 9.07. The first-order valence-corrected chi connectivity index (χ1v) is 5.85. The van der Waals surface area contributed by atoms with Crippen LogP contribution in [0.5, 0.6) is 0 Å². The van der Waals surface area contributed by atoms with Crippen LogP contribution < -0.4 is 0 Å². The average Bonchev–Trinajstić information content (AvgIpc) is 2.26. The van der Waals surface area contributed by atoms with E-state index in [-0.39, 0.29) is 17.0 Å². The topological polar surface area (TPSA) is 60.2 Å². The Balaban J connectivity index is 3.42. The van der Waals surface area contributed by atoms with Crippen molar-refractivity contribution in [2.24, 2.45) is 0 Å². The second-order valence-electron chi connectivity index (χ2n) is 3.40. The number of nitro benzene ring substituents is 1. The maximum atomic E-state index is 11.9. The van der Waals surface area contributed by atoms with Crippen molar-refractivity contribution in [1.29, 1.82) is 0 Å². The summed E-state index contributed by atoms with van der Waals surface area (Å²) < 4.78 is 0. The number of Topliss-reactive ketones (excluding diaryl/α,β-unsaturated/α-hetero) is 1. The Morgan fingerprint density at radius 2 is 2.19 bits per heavy atom. The van der Waals surface area contributed by atoms with Crippen LogP contribution in [0.15, 0.2) is 18.2 Å². The second-order valence-corrected chi connectivity index (χ2v) is 4.78. The number of benzene rings is 1. The van der Waals surface area contributed by atoms with E-state index in [1.807, 2.05) is 6.92 Å². The highest BCUT2D eigenvalue weighted by Gasteiger charge is 2.25. The van der Waals surface area contributed by atoms with Crippen LogP contribution in [0, 0.1) is 10.1 Å². The van der Waals surface area contributed by atoms with Gasteiger partial charge in [0.2, 0.25) is 0 Å². The summed E-state index contributed by atoms with van der Waals surface area (Å²) in [5.74, 6) is -0.246. The number of alkyl halides is 1. The molecule has 0 amide bonds. The van der Waals surface area contributed by atoms with Crippen LogP contribution in [0.4, 0.5) is 5.69 Å². The van der Waals surface area contributed by atoms with E-state index < -0.39 is 9.75 Å². The molecular formula is C11H12BrNO3. The van der Waals surface area contributed by atoms with Gasteiger partial charge in [-0.2, -0.15) is 0 Å². The first-order valence-electron chi connectivity index (χ1n) is 4.93. The predicted octanol–water partition coefficient (Wildman–Crippen LogP) is 3.12. The molecule has 1 unspecified atom stereocenters. The van der Waals surface area contributed by atoms with Gasteiger partial charge in [0, 0.05) is 6.07 Å². The summed E-state index contributed by atoms with van der Waals surface area (Å²) in [6.07, 6.45) is 0.600. The maximum absolute atomic E-state index is 11.9. The van der Waals surface area contributed by atoms with Gasteiger partial charge in [0.1, 0.15) is 0 Å². The SMILES string of the molecule is CCc1cccc([N+](=O)[O-])c1C(=O)C(C)Br. The Morgan fingerprint density at radius 3 is 2.62 bits per heavy atom. The van der Waals surface area contributed by atoms with E-state index in [1.54, 1.807) is 19.1 Å². The molecular weight excluding hydrogens is 274 g/mol. The number of carbonyl (C=O) groups is 1. The first kappa shape index (κ1) is 12.8. The van der Waals surface area contributed by atoms with Crippen LogP contribution >= 0.6 is 15.9 Å². The highest BCUT2D eigenvalue weighted by Crippen LogP contribution is 2.25. The van der Waals surface area contributed by atoms with Crippen molar-refractivity contribution in [2.45, 2.75) is 25.1 Å². The molecule has 0 heterocycles. The van der Waals surface area contributed by atoms with Gasteiger partial charge in [-0.1, -0.05) is 35.0 Å². The Morgan fingerprint density at radius 1 is 1.56 bits per heavy atom. The van der Waals surface area contributed by atoms with Crippen molar-refractivity contribution in [2.75, 3.05) is 0 Å². The van der Waals surface area contributed by atoms with Crippen LogP contribution in [0.1, 0.15) is 29.8 Å². The van der Waals surface area contributed by atoms with Gasteiger partial charge < -0.3 is 0 Å². The number of aryl methyl sites for hydroxylation is 1. The summed E-state index contributed by atoms with van der Waals surface area (Å²) >= 11 is 3.15. The molecule has 1 aromatic rings. The molecule has 5 heteroatoms.